The minimum Gasteiger partial charge on any atom is -0.295 e. The van der Waals surface area contributed by atoms with E-state index in [0.29, 0.717) is 12.3 Å². The van der Waals surface area contributed by atoms with Crippen molar-refractivity contribution in [1.82, 2.24) is 0 Å². The van der Waals surface area contributed by atoms with Crippen LogP contribution in [-0.4, -0.2) is 5.78 Å². The molecule has 0 aromatic heterocycles. The van der Waals surface area contributed by atoms with Gasteiger partial charge in [0.05, 0.1) is 0 Å². The van der Waals surface area contributed by atoms with Gasteiger partial charge in [0.1, 0.15) is 0 Å². The summed E-state index contributed by atoms with van der Waals surface area (Å²) >= 11 is 0. The van der Waals surface area contributed by atoms with Crippen LogP contribution in [0, 0.1) is 5.92 Å². The highest BCUT2D eigenvalue weighted by molar-refractivity contribution is 5.94. The number of ketones is 1. The minimum absolute atomic E-state index is 0.266. The summed E-state index contributed by atoms with van der Waals surface area (Å²) in [5.74, 6) is 0.880. The lowest BCUT2D eigenvalue weighted by Gasteiger charge is -2.05. The molecule has 0 radical (unpaired) electrons. The van der Waals surface area contributed by atoms with Gasteiger partial charge in [-0.2, -0.15) is 0 Å². The topological polar surface area (TPSA) is 17.1 Å². The average Bonchev–Trinajstić information content (AvgIpc) is 2.10. The normalized spacial score (nSPS) is 10.5. The summed E-state index contributed by atoms with van der Waals surface area (Å²) in [4.78, 5) is 11.5. The lowest BCUT2D eigenvalue weighted by atomic mass is 9.99. The van der Waals surface area contributed by atoms with E-state index in [2.05, 4.69) is 27.4 Å². The molecular weight excluding hydrogens is 160 g/mol. The molecule has 0 bridgehead atoms. The van der Waals surface area contributed by atoms with Gasteiger partial charge in [-0.3, -0.25) is 4.79 Å². The van der Waals surface area contributed by atoms with Crippen LogP contribution >= 0.6 is 0 Å². The number of unbranched alkanes of at least 4 members (excludes halogenated alkanes) is 1. The molecule has 1 heteroatoms. The Morgan fingerprint density at radius 2 is 1.92 bits per heavy atom. The molecule has 0 heterocycles. The molecule has 13 heavy (non-hydrogen) atoms. The quantitative estimate of drug-likeness (QED) is 0.548. The summed E-state index contributed by atoms with van der Waals surface area (Å²) in [6.45, 7) is 10.2. The van der Waals surface area contributed by atoms with E-state index in [0.717, 1.165) is 31.3 Å². The number of carbonyl (C=O) groups is 1. The maximum Gasteiger partial charge on any atom is 0.158 e. The molecule has 0 aliphatic heterocycles. The molecule has 0 fully saturated rings. The van der Waals surface area contributed by atoms with Crippen molar-refractivity contribution in [3.63, 3.8) is 0 Å². The Labute approximate surface area is 82.2 Å². The van der Waals surface area contributed by atoms with Gasteiger partial charge in [-0.05, 0) is 30.8 Å². The van der Waals surface area contributed by atoms with E-state index in [1.54, 1.807) is 0 Å². The lowest BCUT2D eigenvalue weighted by Crippen LogP contribution is -2.03. The first-order valence-electron chi connectivity index (χ1n) is 5.28. The first kappa shape index (κ1) is 12.4. The molecule has 0 rings (SSSR count). The SMILES string of the molecule is C=C(CCCC)C(=O)CCC(C)C. The molecule has 0 spiro atoms. The standard InChI is InChI=1S/C12H22O/c1-5-6-7-11(4)12(13)9-8-10(2)3/h10H,4-9H2,1-3H3. The smallest absolute Gasteiger partial charge is 0.158 e. The maximum atomic E-state index is 11.5. The lowest BCUT2D eigenvalue weighted by molar-refractivity contribution is -0.115. The van der Waals surface area contributed by atoms with E-state index in [4.69, 9.17) is 0 Å². The van der Waals surface area contributed by atoms with E-state index in [1.165, 1.54) is 0 Å². The Hall–Kier alpha value is -0.590. The van der Waals surface area contributed by atoms with Gasteiger partial charge in [0.15, 0.2) is 5.78 Å². The first-order chi connectivity index (χ1) is 6.07. The van der Waals surface area contributed by atoms with Crippen molar-refractivity contribution in [3.05, 3.63) is 12.2 Å². The van der Waals surface area contributed by atoms with Gasteiger partial charge in [0, 0.05) is 6.42 Å². The van der Waals surface area contributed by atoms with Crippen LogP contribution in [0.5, 0.6) is 0 Å². The van der Waals surface area contributed by atoms with E-state index in [1.807, 2.05) is 0 Å². The first-order valence-corrected chi connectivity index (χ1v) is 5.28. The summed E-state index contributed by atoms with van der Waals surface area (Å²) in [5, 5.41) is 0. The van der Waals surface area contributed by atoms with E-state index >= 15 is 0 Å². The van der Waals surface area contributed by atoms with Crippen molar-refractivity contribution in [2.24, 2.45) is 5.92 Å². The Kier molecular flexibility index (Phi) is 6.56. The predicted octanol–water partition coefficient (Wildman–Crippen LogP) is 3.74. The summed E-state index contributed by atoms with van der Waals surface area (Å²) in [6.07, 6.45) is 4.78. The minimum atomic E-state index is 0.266. The highest BCUT2D eigenvalue weighted by Gasteiger charge is 2.07. The predicted molar refractivity (Wildman–Crippen MR) is 57.7 cm³/mol. The fourth-order valence-electron chi connectivity index (χ4n) is 1.13. The van der Waals surface area contributed by atoms with Gasteiger partial charge in [-0.1, -0.05) is 33.8 Å². The van der Waals surface area contributed by atoms with Crippen LogP contribution in [0.15, 0.2) is 12.2 Å². The van der Waals surface area contributed by atoms with Crippen molar-refractivity contribution in [1.29, 1.82) is 0 Å². The van der Waals surface area contributed by atoms with Crippen molar-refractivity contribution in [2.75, 3.05) is 0 Å². The second-order valence-electron chi connectivity index (χ2n) is 4.06. The molecule has 0 saturated carbocycles. The van der Waals surface area contributed by atoms with Crippen LogP contribution in [0.3, 0.4) is 0 Å². The third-order valence-electron chi connectivity index (χ3n) is 2.18. The van der Waals surface area contributed by atoms with Crippen molar-refractivity contribution in [2.45, 2.75) is 52.9 Å². The van der Waals surface area contributed by atoms with E-state index in [9.17, 15) is 4.79 Å². The number of allylic oxidation sites excluding steroid dienone is 1. The molecule has 0 aromatic rings. The average molecular weight is 182 g/mol. The summed E-state index contributed by atoms with van der Waals surface area (Å²) < 4.78 is 0. The van der Waals surface area contributed by atoms with Crippen molar-refractivity contribution < 1.29 is 4.79 Å². The molecule has 0 atom stereocenters. The Bertz CT molecular complexity index is 168. The summed E-state index contributed by atoms with van der Waals surface area (Å²) in [7, 11) is 0. The highest BCUT2D eigenvalue weighted by atomic mass is 16.1. The van der Waals surface area contributed by atoms with Gasteiger partial charge in [-0.15, -0.1) is 0 Å². The largest absolute Gasteiger partial charge is 0.295 e. The number of carbonyl (C=O) groups excluding carboxylic acids is 1. The molecule has 76 valence electrons. The van der Waals surface area contributed by atoms with E-state index in [-0.39, 0.29) is 5.78 Å². The summed E-state index contributed by atoms with van der Waals surface area (Å²) in [6, 6.07) is 0. The third kappa shape index (κ3) is 6.56. The monoisotopic (exact) mass is 182 g/mol. The molecule has 0 aliphatic carbocycles. The van der Waals surface area contributed by atoms with Crippen molar-refractivity contribution in [3.8, 4) is 0 Å². The van der Waals surface area contributed by atoms with Crippen LogP contribution in [0.4, 0.5) is 0 Å². The molecule has 0 saturated heterocycles. The molecule has 0 aliphatic rings. The third-order valence-corrected chi connectivity index (χ3v) is 2.18. The van der Waals surface area contributed by atoms with Gasteiger partial charge in [0.25, 0.3) is 0 Å². The number of rotatable bonds is 7. The summed E-state index contributed by atoms with van der Waals surface area (Å²) in [5.41, 5.74) is 0.822. The van der Waals surface area contributed by atoms with Gasteiger partial charge in [0.2, 0.25) is 0 Å². The van der Waals surface area contributed by atoms with Gasteiger partial charge >= 0.3 is 0 Å². The van der Waals surface area contributed by atoms with Crippen LogP contribution in [-0.2, 0) is 4.79 Å². The second kappa shape index (κ2) is 6.88. The Morgan fingerprint density at radius 1 is 1.31 bits per heavy atom. The van der Waals surface area contributed by atoms with Gasteiger partial charge in [-0.25, -0.2) is 0 Å². The van der Waals surface area contributed by atoms with Crippen molar-refractivity contribution >= 4 is 5.78 Å². The molecule has 0 unspecified atom stereocenters. The van der Waals surface area contributed by atoms with Crippen LogP contribution in [0.25, 0.3) is 0 Å². The van der Waals surface area contributed by atoms with Gasteiger partial charge < -0.3 is 0 Å². The van der Waals surface area contributed by atoms with Crippen LogP contribution < -0.4 is 0 Å². The maximum absolute atomic E-state index is 11.5. The Morgan fingerprint density at radius 3 is 2.38 bits per heavy atom. The number of Topliss-reactive ketones (excluding diaryl/α,β-unsaturated/α-hetero) is 1. The molecule has 0 aromatic carbocycles. The van der Waals surface area contributed by atoms with Crippen LogP contribution in [0.1, 0.15) is 52.9 Å². The van der Waals surface area contributed by atoms with Crippen LogP contribution in [0.2, 0.25) is 0 Å². The Balaban J connectivity index is 3.64. The zero-order valence-corrected chi connectivity index (χ0v) is 9.23. The number of hydrogen-bond acceptors (Lipinski definition) is 1. The number of hydrogen-bond donors (Lipinski definition) is 0. The zero-order valence-electron chi connectivity index (χ0n) is 9.23. The fourth-order valence-corrected chi connectivity index (χ4v) is 1.13. The second-order valence-corrected chi connectivity index (χ2v) is 4.06. The molecular formula is C12H22O. The van der Waals surface area contributed by atoms with E-state index < -0.39 is 0 Å². The molecule has 0 amide bonds. The molecule has 1 nitrogen and oxygen atoms in total. The molecule has 0 N–H and O–H groups in total. The fraction of sp³-hybridized carbons (Fsp3) is 0.750. The zero-order chi connectivity index (χ0) is 10.3. The highest BCUT2D eigenvalue weighted by Crippen LogP contribution is 2.12.